The van der Waals surface area contributed by atoms with Crippen LogP contribution in [0.4, 0.5) is 0 Å². The Balaban J connectivity index is 2.29. The Morgan fingerprint density at radius 3 is 2.32 bits per heavy atom. The summed E-state index contributed by atoms with van der Waals surface area (Å²) in [5, 5.41) is 0. The lowest BCUT2D eigenvalue weighted by molar-refractivity contribution is -0.151. The number of carbonyl (C=O) groups is 1. The van der Waals surface area contributed by atoms with Crippen LogP contribution in [-0.4, -0.2) is 26.5 Å². The molecule has 1 atom stereocenters. The van der Waals surface area contributed by atoms with E-state index in [1.807, 2.05) is 37.3 Å². The normalized spacial score (nSPS) is 12.4. The summed E-state index contributed by atoms with van der Waals surface area (Å²) in [6.07, 6.45) is 1.10. The largest absolute Gasteiger partial charge is 0.461 e. The molecular weight excluding hydrogens is 244 g/mol. The van der Waals surface area contributed by atoms with E-state index in [9.17, 15) is 4.79 Å². The molecule has 0 N–H and O–H groups in total. The van der Waals surface area contributed by atoms with Gasteiger partial charge in [-0.15, -0.1) is 0 Å². The van der Waals surface area contributed by atoms with Gasteiger partial charge in [-0.3, -0.25) is 4.79 Å². The first-order valence-electron chi connectivity index (χ1n) is 6.43. The molecule has 1 aromatic rings. The molecule has 0 saturated carbocycles. The highest BCUT2D eigenvalue weighted by Gasteiger charge is 2.17. The van der Waals surface area contributed by atoms with Gasteiger partial charge in [-0.05, 0) is 18.4 Å². The van der Waals surface area contributed by atoms with Crippen LogP contribution in [0, 0.1) is 5.92 Å². The van der Waals surface area contributed by atoms with E-state index in [0.717, 1.165) is 5.56 Å². The molecule has 19 heavy (non-hydrogen) atoms. The maximum absolute atomic E-state index is 11.8. The third-order valence-electron chi connectivity index (χ3n) is 2.99. The number of carbonyl (C=O) groups excluding carboxylic acids is 1. The van der Waals surface area contributed by atoms with Crippen LogP contribution in [0.15, 0.2) is 30.3 Å². The van der Waals surface area contributed by atoms with Crippen LogP contribution in [0.5, 0.6) is 0 Å². The van der Waals surface area contributed by atoms with Gasteiger partial charge in [0.2, 0.25) is 0 Å². The first-order valence-corrected chi connectivity index (χ1v) is 6.43. The minimum Gasteiger partial charge on any atom is -0.461 e. The number of esters is 1. The van der Waals surface area contributed by atoms with Crippen LogP contribution in [0.1, 0.15) is 25.3 Å². The van der Waals surface area contributed by atoms with E-state index in [2.05, 4.69) is 0 Å². The van der Waals surface area contributed by atoms with Crippen LogP contribution in [-0.2, 0) is 25.6 Å². The predicted molar refractivity (Wildman–Crippen MR) is 72.4 cm³/mol. The molecule has 0 aliphatic carbocycles. The lowest BCUT2D eigenvalue weighted by Gasteiger charge is -2.16. The van der Waals surface area contributed by atoms with Crippen molar-refractivity contribution in [2.45, 2.75) is 32.7 Å². The Morgan fingerprint density at radius 2 is 1.74 bits per heavy atom. The third-order valence-corrected chi connectivity index (χ3v) is 2.99. The van der Waals surface area contributed by atoms with Gasteiger partial charge in [0.15, 0.2) is 6.29 Å². The number of benzene rings is 1. The number of hydrogen-bond donors (Lipinski definition) is 0. The molecule has 106 valence electrons. The molecule has 0 saturated heterocycles. The molecule has 0 unspecified atom stereocenters. The van der Waals surface area contributed by atoms with Gasteiger partial charge in [-0.2, -0.15) is 0 Å². The summed E-state index contributed by atoms with van der Waals surface area (Å²) in [5.41, 5.74) is 0.995. The molecule has 0 amide bonds. The Kier molecular flexibility index (Phi) is 7.15. The van der Waals surface area contributed by atoms with E-state index in [0.29, 0.717) is 19.4 Å². The van der Waals surface area contributed by atoms with Crippen molar-refractivity contribution in [2.75, 3.05) is 14.2 Å². The summed E-state index contributed by atoms with van der Waals surface area (Å²) in [7, 11) is 3.18. The average molecular weight is 266 g/mol. The molecule has 0 fully saturated rings. The quantitative estimate of drug-likeness (QED) is 0.536. The summed E-state index contributed by atoms with van der Waals surface area (Å²) in [6, 6.07) is 9.65. The molecule has 4 heteroatoms. The highest BCUT2D eigenvalue weighted by atomic mass is 16.7. The fourth-order valence-corrected chi connectivity index (χ4v) is 1.71. The number of rotatable bonds is 8. The SMILES string of the molecule is COC(CC[C@H](C)C(=O)OCc1ccccc1)OC. The van der Waals surface area contributed by atoms with Crippen molar-refractivity contribution in [3.63, 3.8) is 0 Å². The predicted octanol–water partition coefficient (Wildman–Crippen LogP) is 2.77. The highest BCUT2D eigenvalue weighted by Crippen LogP contribution is 2.13. The molecule has 0 bridgehead atoms. The Bertz CT molecular complexity index is 360. The Morgan fingerprint density at radius 1 is 1.11 bits per heavy atom. The summed E-state index contributed by atoms with van der Waals surface area (Å²) < 4.78 is 15.4. The smallest absolute Gasteiger partial charge is 0.308 e. The van der Waals surface area contributed by atoms with Gasteiger partial charge < -0.3 is 14.2 Å². The molecule has 4 nitrogen and oxygen atoms in total. The third kappa shape index (κ3) is 5.85. The van der Waals surface area contributed by atoms with Gasteiger partial charge >= 0.3 is 5.97 Å². The second kappa shape index (κ2) is 8.67. The van der Waals surface area contributed by atoms with Crippen LogP contribution in [0.25, 0.3) is 0 Å². The van der Waals surface area contributed by atoms with Crippen molar-refractivity contribution in [3.8, 4) is 0 Å². The van der Waals surface area contributed by atoms with Crippen molar-refractivity contribution >= 4 is 5.97 Å². The number of methoxy groups -OCH3 is 2. The summed E-state index contributed by atoms with van der Waals surface area (Å²) in [5.74, 6) is -0.341. The highest BCUT2D eigenvalue weighted by molar-refractivity contribution is 5.71. The first-order chi connectivity index (χ1) is 9.17. The van der Waals surface area contributed by atoms with Crippen LogP contribution in [0.2, 0.25) is 0 Å². The molecule has 0 aromatic heterocycles. The van der Waals surface area contributed by atoms with E-state index in [1.54, 1.807) is 14.2 Å². The van der Waals surface area contributed by atoms with Gasteiger partial charge in [-0.1, -0.05) is 37.3 Å². The van der Waals surface area contributed by atoms with E-state index < -0.39 is 0 Å². The van der Waals surface area contributed by atoms with Crippen molar-refractivity contribution in [1.82, 2.24) is 0 Å². The second-order valence-electron chi connectivity index (χ2n) is 4.47. The fourth-order valence-electron chi connectivity index (χ4n) is 1.71. The van der Waals surface area contributed by atoms with Gasteiger partial charge in [0, 0.05) is 14.2 Å². The standard InChI is InChI=1S/C15H22O4/c1-12(9-10-14(17-2)18-3)15(16)19-11-13-7-5-4-6-8-13/h4-8,12,14H,9-11H2,1-3H3/t12-/m0/s1. The summed E-state index contributed by atoms with van der Waals surface area (Å²) in [4.78, 5) is 11.8. The molecule has 0 aliphatic heterocycles. The van der Waals surface area contributed by atoms with Gasteiger partial charge in [0.1, 0.15) is 6.61 Å². The molecule has 0 radical (unpaired) electrons. The summed E-state index contributed by atoms with van der Waals surface area (Å²) in [6.45, 7) is 2.18. The van der Waals surface area contributed by atoms with Crippen molar-refractivity contribution in [2.24, 2.45) is 5.92 Å². The van der Waals surface area contributed by atoms with Crippen LogP contribution < -0.4 is 0 Å². The van der Waals surface area contributed by atoms with E-state index in [-0.39, 0.29) is 18.2 Å². The molecule has 0 aliphatic rings. The van der Waals surface area contributed by atoms with Crippen molar-refractivity contribution in [3.05, 3.63) is 35.9 Å². The lowest BCUT2D eigenvalue weighted by Crippen LogP contribution is -2.19. The Hall–Kier alpha value is -1.39. The average Bonchev–Trinajstić information content (AvgIpc) is 2.46. The minimum atomic E-state index is -0.260. The van der Waals surface area contributed by atoms with Gasteiger partial charge in [0.05, 0.1) is 5.92 Å². The zero-order valence-electron chi connectivity index (χ0n) is 11.8. The van der Waals surface area contributed by atoms with Crippen LogP contribution >= 0.6 is 0 Å². The molecular formula is C15H22O4. The van der Waals surface area contributed by atoms with E-state index >= 15 is 0 Å². The maximum atomic E-state index is 11.8. The first kappa shape index (κ1) is 15.7. The zero-order chi connectivity index (χ0) is 14.1. The monoisotopic (exact) mass is 266 g/mol. The van der Waals surface area contributed by atoms with Gasteiger partial charge in [0.25, 0.3) is 0 Å². The minimum absolute atomic E-state index is 0.156. The zero-order valence-corrected chi connectivity index (χ0v) is 11.8. The van der Waals surface area contributed by atoms with Gasteiger partial charge in [-0.25, -0.2) is 0 Å². The molecule has 1 aromatic carbocycles. The van der Waals surface area contributed by atoms with E-state index in [4.69, 9.17) is 14.2 Å². The summed E-state index contributed by atoms with van der Waals surface area (Å²) >= 11 is 0. The van der Waals surface area contributed by atoms with Crippen molar-refractivity contribution in [1.29, 1.82) is 0 Å². The molecule has 1 rings (SSSR count). The number of hydrogen-bond acceptors (Lipinski definition) is 4. The molecule has 0 spiro atoms. The van der Waals surface area contributed by atoms with Crippen molar-refractivity contribution < 1.29 is 19.0 Å². The Labute approximate surface area is 114 Å². The maximum Gasteiger partial charge on any atom is 0.308 e. The molecule has 0 heterocycles. The topological polar surface area (TPSA) is 44.8 Å². The fraction of sp³-hybridized carbons (Fsp3) is 0.533. The van der Waals surface area contributed by atoms with E-state index in [1.165, 1.54) is 0 Å². The van der Waals surface area contributed by atoms with Crippen LogP contribution in [0.3, 0.4) is 0 Å². The number of ether oxygens (including phenoxy) is 3. The lowest BCUT2D eigenvalue weighted by atomic mass is 10.1. The second-order valence-corrected chi connectivity index (χ2v) is 4.47.